The fourth-order valence-electron chi connectivity index (χ4n) is 2.99. The molecule has 2 N–H and O–H groups in total. The maximum Gasteiger partial charge on any atom is 0.407 e. The number of ether oxygens (including phenoxy) is 4. The van der Waals surface area contributed by atoms with Crippen LogP contribution in [0.15, 0.2) is 54.6 Å². The second-order valence-corrected chi connectivity index (χ2v) is 9.03. The molecule has 0 aliphatic heterocycles. The Labute approximate surface area is 212 Å². The Balaban J connectivity index is 1.51. The molecular weight excluding hydrogens is 464 g/mol. The molecule has 0 bridgehead atoms. The van der Waals surface area contributed by atoms with Gasteiger partial charge >= 0.3 is 18.2 Å². The number of carbonyl (C=O) groups excluding carboxylic acids is 3. The van der Waals surface area contributed by atoms with Crippen molar-refractivity contribution < 1.29 is 33.3 Å². The molecular formula is C27H36N2O7. The minimum Gasteiger partial charge on any atom is -0.482 e. The molecule has 196 valence electrons. The van der Waals surface area contributed by atoms with Gasteiger partial charge in [-0.15, -0.1) is 0 Å². The van der Waals surface area contributed by atoms with Gasteiger partial charge in [-0.2, -0.15) is 0 Å². The van der Waals surface area contributed by atoms with E-state index >= 15 is 0 Å². The van der Waals surface area contributed by atoms with Crippen molar-refractivity contribution in [1.82, 2.24) is 10.6 Å². The summed E-state index contributed by atoms with van der Waals surface area (Å²) < 4.78 is 20.7. The summed E-state index contributed by atoms with van der Waals surface area (Å²) in [5, 5.41) is 5.27. The average Bonchev–Trinajstić information content (AvgIpc) is 2.84. The maximum absolute atomic E-state index is 11.8. The second-order valence-electron chi connectivity index (χ2n) is 9.03. The molecule has 0 saturated carbocycles. The highest BCUT2D eigenvalue weighted by molar-refractivity contribution is 5.71. The van der Waals surface area contributed by atoms with E-state index in [1.807, 2.05) is 42.5 Å². The first-order valence-electron chi connectivity index (χ1n) is 12.0. The number of carbonyl (C=O) groups is 3. The van der Waals surface area contributed by atoms with Crippen LogP contribution >= 0.6 is 0 Å². The minimum absolute atomic E-state index is 0.0278. The zero-order valence-corrected chi connectivity index (χ0v) is 21.2. The maximum atomic E-state index is 11.8. The van der Waals surface area contributed by atoms with Crippen molar-refractivity contribution >= 4 is 18.2 Å². The lowest BCUT2D eigenvalue weighted by molar-refractivity contribution is -0.145. The van der Waals surface area contributed by atoms with Gasteiger partial charge in [-0.25, -0.2) is 14.4 Å². The van der Waals surface area contributed by atoms with Gasteiger partial charge in [0, 0.05) is 6.54 Å². The van der Waals surface area contributed by atoms with E-state index in [1.165, 1.54) is 0 Å². The van der Waals surface area contributed by atoms with Crippen LogP contribution in [0.5, 0.6) is 5.75 Å². The molecule has 0 aliphatic carbocycles. The first kappa shape index (κ1) is 28.5. The molecule has 2 amide bonds. The summed E-state index contributed by atoms with van der Waals surface area (Å²) in [6.45, 7) is 6.06. The van der Waals surface area contributed by atoms with Crippen molar-refractivity contribution in [3.8, 4) is 5.75 Å². The summed E-state index contributed by atoms with van der Waals surface area (Å²) in [6, 6.07) is 17.0. The molecule has 2 rings (SSSR count). The van der Waals surface area contributed by atoms with Gasteiger partial charge in [0.2, 0.25) is 0 Å². The highest BCUT2D eigenvalue weighted by Crippen LogP contribution is 2.14. The Hall–Kier alpha value is -3.75. The van der Waals surface area contributed by atoms with E-state index in [9.17, 15) is 14.4 Å². The third-order valence-corrected chi connectivity index (χ3v) is 4.69. The van der Waals surface area contributed by atoms with Crippen LogP contribution in [-0.4, -0.2) is 50.1 Å². The third-order valence-electron chi connectivity index (χ3n) is 4.69. The Kier molecular flexibility index (Phi) is 12.1. The average molecular weight is 501 g/mol. The van der Waals surface area contributed by atoms with Crippen molar-refractivity contribution in [3.05, 3.63) is 65.7 Å². The van der Waals surface area contributed by atoms with E-state index in [-0.39, 0.29) is 26.4 Å². The quantitative estimate of drug-likeness (QED) is 0.238. The van der Waals surface area contributed by atoms with Crippen molar-refractivity contribution in [2.45, 2.75) is 52.2 Å². The van der Waals surface area contributed by atoms with Crippen LogP contribution in [0.1, 0.15) is 44.7 Å². The first-order valence-corrected chi connectivity index (χ1v) is 12.0. The number of rotatable bonds is 13. The molecule has 0 radical (unpaired) electrons. The lowest BCUT2D eigenvalue weighted by atomic mass is 10.1. The van der Waals surface area contributed by atoms with Crippen LogP contribution in [-0.2, 0) is 32.0 Å². The standard InChI is InChI=1S/C27H36N2O7/c1-27(2,3)36-26(32)29-17-18-33-24(30)20-34-23-14-12-21(13-15-23)9-7-8-16-28-25(31)35-19-22-10-5-4-6-11-22/h4-6,10-15H,7-9,16-20H2,1-3H3,(H,28,31)(H,29,32). The lowest BCUT2D eigenvalue weighted by Gasteiger charge is -2.19. The molecule has 0 spiro atoms. The van der Waals surface area contributed by atoms with Crippen LogP contribution in [0, 0.1) is 0 Å². The Morgan fingerprint density at radius 3 is 2.17 bits per heavy atom. The molecule has 0 aromatic heterocycles. The molecule has 2 aromatic carbocycles. The van der Waals surface area contributed by atoms with Gasteiger partial charge in [-0.3, -0.25) is 0 Å². The number of unbranched alkanes of at least 4 members (excludes halogenated alkanes) is 1. The molecule has 0 fully saturated rings. The number of nitrogens with one attached hydrogen (secondary N) is 2. The molecule has 0 unspecified atom stereocenters. The van der Waals surface area contributed by atoms with Crippen LogP contribution in [0.25, 0.3) is 0 Å². The third kappa shape index (κ3) is 13.2. The molecule has 2 aromatic rings. The van der Waals surface area contributed by atoms with Gasteiger partial charge in [-0.05, 0) is 63.3 Å². The van der Waals surface area contributed by atoms with E-state index in [1.54, 1.807) is 32.9 Å². The summed E-state index contributed by atoms with van der Waals surface area (Å²) in [5.74, 6) is 0.0327. The van der Waals surface area contributed by atoms with E-state index < -0.39 is 23.8 Å². The summed E-state index contributed by atoms with van der Waals surface area (Å²) in [5.41, 5.74) is 1.49. The normalized spacial score (nSPS) is 10.8. The van der Waals surface area contributed by atoms with Gasteiger partial charge in [0.05, 0.1) is 6.54 Å². The van der Waals surface area contributed by atoms with Crippen LogP contribution in [0.2, 0.25) is 0 Å². The Morgan fingerprint density at radius 1 is 0.778 bits per heavy atom. The predicted molar refractivity (Wildman–Crippen MR) is 135 cm³/mol. The molecule has 0 atom stereocenters. The molecule has 9 nitrogen and oxygen atoms in total. The number of alkyl carbamates (subject to hydrolysis) is 2. The van der Waals surface area contributed by atoms with Crippen LogP contribution < -0.4 is 15.4 Å². The summed E-state index contributed by atoms with van der Waals surface area (Å²) in [6.07, 6.45) is 1.61. The monoisotopic (exact) mass is 500 g/mol. The van der Waals surface area contributed by atoms with Crippen LogP contribution in [0.3, 0.4) is 0 Å². The van der Waals surface area contributed by atoms with Gasteiger partial charge in [0.25, 0.3) is 0 Å². The highest BCUT2D eigenvalue weighted by atomic mass is 16.6. The molecule has 36 heavy (non-hydrogen) atoms. The summed E-state index contributed by atoms with van der Waals surface area (Å²) in [7, 11) is 0. The van der Waals surface area contributed by atoms with Crippen molar-refractivity contribution in [2.24, 2.45) is 0 Å². The van der Waals surface area contributed by atoms with Crippen molar-refractivity contribution in [3.63, 3.8) is 0 Å². The minimum atomic E-state index is -0.583. The van der Waals surface area contributed by atoms with E-state index in [2.05, 4.69) is 10.6 Å². The van der Waals surface area contributed by atoms with Crippen LogP contribution in [0.4, 0.5) is 9.59 Å². The smallest absolute Gasteiger partial charge is 0.407 e. The molecule has 0 aliphatic rings. The first-order chi connectivity index (χ1) is 17.2. The van der Waals surface area contributed by atoms with E-state index in [4.69, 9.17) is 18.9 Å². The number of esters is 1. The van der Waals surface area contributed by atoms with E-state index in [0.29, 0.717) is 12.3 Å². The zero-order valence-electron chi connectivity index (χ0n) is 21.2. The second kappa shape index (κ2) is 15.3. The Morgan fingerprint density at radius 2 is 1.47 bits per heavy atom. The molecule has 9 heteroatoms. The van der Waals surface area contributed by atoms with Gasteiger partial charge in [0.1, 0.15) is 24.6 Å². The molecule has 0 heterocycles. The fourth-order valence-corrected chi connectivity index (χ4v) is 2.99. The highest BCUT2D eigenvalue weighted by Gasteiger charge is 2.15. The summed E-state index contributed by atoms with van der Waals surface area (Å²) >= 11 is 0. The lowest BCUT2D eigenvalue weighted by Crippen LogP contribution is -2.34. The van der Waals surface area contributed by atoms with E-state index in [0.717, 1.165) is 30.4 Å². The summed E-state index contributed by atoms with van der Waals surface area (Å²) in [4.78, 5) is 35.0. The SMILES string of the molecule is CC(C)(C)OC(=O)NCCOC(=O)COc1ccc(CCCCNC(=O)OCc2ccccc2)cc1. The van der Waals surface area contributed by atoms with Crippen molar-refractivity contribution in [2.75, 3.05) is 26.3 Å². The number of benzene rings is 2. The largest absolute Gasteiger partial charge is 0.482 e. The topological polar surface area (TPSA) is 112 Å². The zero-order chi connectivity index (χ0) is 26.2. The number of amides is 2. The van der Waals surface area contributed by atoms with Crippen molar-refractivity contribution in [1.29, 1.82) is 0 Å². The fraction of sp³-hybridized carbons (Fsp3) is 0.444. The van der Waals surface area contributed by atoms with Gasteiger partial charge < -0.3 is 29.6 Å². The number of hydrogen-bond acceptors (Lipinski definition) is 7. The Bertz CT molecular complexity index is 941. The molecule has 0 saturated heterocycles. The number of hydrogen-bond donors (Lipinski definition) is 2. The van der Waals surface area contributed by atoms with Gasteiger partial charge in [-0.1, -0.05) is 42.5 Å². The predicted octanol–water partition coefficient (Wildman–Crippen LogP) is 4.38. The van der Waals surface area contributed by atoms with Gasteiger partial charge in [0.15, 0.2) is 6.61 Å². The number of aryl methyl sites for hydroxylation is 1.